The van der Waals surface area contributed by atoms with Gasteiger partial charge in [-0.1, -0.05) is 0 Å². The first-order chi connectivity index (χ1) is 8.56. The lowest BCUT2D eigenvalue weighted by Gasteiger charge is -2.10. The number of nitrogens with zero attached hydrogens (tertiary/aromatic N) is 2. The molecule has 1 aromatic rings. The molecule has 0 atom stereocenters. The van der Waals surface area contributed by atoms with Gasteiger partial charge in [0.2, 0.25) is 0 Å². The van der Waals surface area contributed by atoms with E-state index in [0.29, 0.717) is 0 Å². The Morgan fingerprint density at radius 2 is 2.28 bits per heavy atom. The van der Waals surface area contributed by atoms with Crippen molar-refractivity contribution in [3.8, 4) is 6.07 Å². The van der Waals surface area contributed by atoms with E-state index in [1.807, 2.05) is 6.07 Å². The van der Waals surface area contributed by atoms with Crippen LogP contribution in [0, 0.1) is 21.4 Å². The van der Waals surface area contributed by atoms with E-state index < -0.39 is 10.9 Å². The monoisotopic (exact) mass is 249 g/mol. The largest absolute Gasteiger partial charge is 0.462 e. The van der Waals surface area contributed by atoms with Crippen molar-refractivity contribution >= 4 is 17.3 Å². The summed E-state index contributed by atoms with van der Waals surface area (Å²) in [4.78, 5) is 22.0. The minimum absolute atomic E-state index is 0.0162. The summed E-state index contributed by atoms with van der Waals surface area (Å²) in [7, 11) is 1.44. The van der Waals surface area contributed by atoms with E-state index in [1.54, 1.807) is 6.92 Å². The number of ether oxygens (including phenoxy) is 1. The Hall–Kier alpha value is -2.62. The van der Waals surface area contributed by atoms with Crippen molar-refractivity contribution in [2.45, 2.75) is 6.92 Å². The number of nitriles is 1. The van der Waals surface area contributed by atoms with E-state index in [-0.39, 0.29) is 29.1 Å². The third kappa shape index (κ3) is 2.38. The lowest BCUT2D eigenvalue weighted by Crippen LogP contribution is -2.12. The molecule has 0 aromatic heterocycles. The molecular formula is C11H11N3O4. The van der Waals surface area contributed by atoms with Crippen molar-refractivity contribution in [2.24, 2.45) is 0 Å². The first-order valence-corrected chi connectivity index (χ1v) is 5.13. The van der Waals surface area contributed by atoms with Gasteiger partial charge in [0, 0.05) is 13.1 Å². The van der Waals surface area contributed by atoms with Crippen LogP contribution in [-0.2, 0) is 4.74 Å². The molecular weight excluding hydrogens is 238 g/mol. The van der Waals surface area contributed by atoms with Gasteiger partial charge in [0.15, 0.2) is 0 Å². The maximum absolute atomic E-state index is 11.7. The first kappa shape index (κ1) is 13.4. The van der Waals surface area contributed by atoms with Gasteiger partial charge in [-0.15, -0.1) is 0 Å². The Bertz CT molecular complexity index is 534. The summed E-state index contributed by atoms with van der Waals surface area (Å²) in [5.74, 6) is -0.762. The second-order valence-electron chi connectivity index (χ2n) is 3.22. The van der Waals surface area contributed by atoms with Crippen molar-refractivity contribution in [1.82, 2.24) is 0 Å². The molecule has 1 aromatic carbocycles. The van der Waals surface area contributed by atoms with Crippen LogP contribution in [0.15, 0.2) is 12.1 Å². The van der Waals surface area contributed by atoms with Gasteiger partial charge in [-0.2, -0.15) is 5.26 Å². The fourth-order valence-corrected chi connectivity index (χ4v) is 1.51. The number of esters is 1. The van der Waals surface area contributed by atoms with E-state index >= 15 is 0 Å². The molecule has 18 heavy (non-hydrogen) atoms. The third-order valence-corrected chi connectivity index (χ3v) is 2.23. The van der Waals surface area contributed by atoms with Crippen LogP contribution in [-0.4, -0.2) is 24.5 Å². The quantitative estimate of drug-likeness (QED) is 0.494. The van der Waals surface area contributed by atoms with Gasteiger partial charge in [-0.25, -0.2) is 4.79 Å². The zero-order valence-corrected chi connectivity index (χ0v) is 9.89. The maximum atomic E-state index is 11.7. The van der Waals surface area contributed by atoms with E-state index in [4.69, 9.17) is 10.00 Å². The second kappa shape index (κ2) is 5.63. The summed E-state index contributed by atoms with van der Waals surface area (Å²) in [6.07, 6.45) is 0. The van der Waals surface area contributed by atoms with E-state index in [2.05, 4.69) is 5.32 Å². The van der Waals surface area contributed by atoms with Crippen molar-refractivity contribution in [1.29, 1.82) is 5.26 Å². The van der Waals surface area contributed by atoms with Crippen LogP contribution >= 0.6 is 0 Å². The van der Waals surface area contributed by atoms with Crippen LogP contribution in [0.4, 0.5) is 11.4 Å². The van der Waals surface area contributed by atoms with E-state index in [0.717, 1.165) is 0 Å². The average Bonchev–Trinajstić information content (AvgIpc) is 2.36. The molecule has 7 nitrogen and oxygen atoms in total. The number of rotatable bonds is 4. The molecule has 7 heteroatoms. The Labute approximate surface area is 103 Å². The van der Waals surface area contributed by atoms with E-state index in [9.17, 15) is 14.9 Å². The number of hydrogen-bond donors (Lipinski definition) is 1. The number of nitro groups is 1. The van der Waals surface area contributed by atoms with Gasteiger partial charge in [-0.3, -0.25) is 10.1 Å². The smallest absolute Gasteiger partial charge is 0.341 e. The molecule has 0 bridgehead atoms. The highest BCUT2D eigenvalue weighted by molar-refractivity contribution is 6.00. The molecule has 1 rings (SSSR count). The number of benzene rings is 1. The van der Waals surface area contributed by atoms with Crippen LogP contribution in [0.25, 0.3) is 0 Å². The fourth-order valence-electron chi connectivity index (χ4n) is 1.51. The van der Waals surface area contributed by atoms with Crippen LogP contribution in [0.1, 0.15) is 22.8 Å². The van der Waals surface area contributed by atoms with Crippen LogP contribution < -0.4 is 5.32 Å². The topological polar surface area (TPSA) is 105 Å². The Kier molecular flexibility index (Phi) is 4.21. The molecule has 0 saturated carbocycles. The fraction of sp³-hybridized carbons (Fsp3) is 0.273. The predicted molar refractivity (Wildman–Crippen MR) is 63.3 cm³/mol. The SMILES string of the molecule is CCOC(=O)c1c(C#N)ccc([N+](=O)[O-])c1NC. The van der Waals surface area contributed by atoms with Crippen LogP contribution in [0.5, 0.6) is 0 Å². The molecule has 0 aliphatic carbocycles. The highest BCUT2D eigenvalue weighted by Crippen LogP contribution is 2.31. The summed E-state index contributed by atoms with van der Waals surface area (Å²) in [6.45, 7) is 1.73. The van der Waals surface area contributed by atoms with Gasteiger partial charge in [0.1, 0.15) is 17.3 Å². The van der Waals surface area contributed by atoms with Gasteiger partial charge in [-0.05, 0) is 13.0 Å². The Morgan fingerprint density at radius 3 is 2.72 bits per heavy atom. The summed E-state index contributed by atoms with van der Waals surface area (Å²) < 4.78 is 4.80. The zero-order chi connectivity index (χ0) is 13.7. The van der Waals surface area contributed by atoms with Crippen molar-refractivity contribution in [3.63, 3.8) is 0 Å². The summed E-state index contributed by atoms with van der Waals surface area (Å²) in [6, 6.07) is 4.21. The standard InChI is InChI=1S/C11H11N3O4/c1-3-18-11(15)9-7(6-12)4-5-8(14(16)17)10(9)13-2/h4-5,13H,3H2,1-2H3. The molecule has 1 N–H and O–H groups in total. The summed E-state index contributed by atoms with van der Waals surface area (Å²) >= 11 is 0. The van der Waals surface area contributed by atoms with Crippen LogP contribution in [0.2, 0.25) is 0 Å². The van der Waals surface area contributed by atoms with Crippen LogP contribution in [0.3, 0.4) is 0 Å². The zero-order valence-electron chi connectivity index (χ0n) is 9.89. The molecule has 0 fully saturated rings. The third-order valence-electron chi connectivity index (χ3n) is 2.23. The Morgan fingerprint density at radius 1 is 1.61 bits per heavy atom. The molecule has 0 unspecified atom stereocenters. The number of carbonyl (C=O) groups excluding carboxylic acids is 1. The maximum Gasteiger partial charge on any atom is 0.341 e. The molecule has 0 aliphatic rings. The number of anilines is 1. The number of nitrogens with one attached hydrogen (secondary N) is 1. The van der Waals surface area contributed by atoms with Crippen molar-refractivity contribution in [3.05, 3.63) is 33.4 Å². The average molecular weight is 249 g/mol. The van der Waals surface area contributed by atoms with E-state index in [1.165, 1.54) is 19.2 Å². The van der Waals surface area contributed by atoms with Gasteiger partial charge in [0.05, 0.1) is 17.1 Å². The lowest BCUT2D eigenvalue weighted by atomic mass is 10.0. The number of nitro benzene ring substituents is 1. The molecule has 94 valence electrons. The normalized spacial score (nSPS) is 9.39. The highest BCUT2D eigenvalue weighted by atomic mass is 16.6. The van der Waals surface area contributed by atoms with Gasteiger partial charge >= 0.3 is 5.97 Å². The molecule has 0 saturated heterocycles. The minimum Gasteiger partial charge on any atom is -0.462 e. The highest BCUT2D eigenvalue weighted by Gasteiger charge is 2.25. The molecule has 0 aliphatic heterocycles. The predicted octanol–water partition coefficient (Wildman–Crippen LogP) is 1.68. The van der Waals surface area contributed by atoms with Gasteiger partial charge in [0.25, 0.3) is 5.69 Å². The molecule has 0 amide bonds. The summed E-state index contributed by atoms with van der Waals surface area (Å²) in [5.41, 5.74) is -0.378. The second-order valence-corrected chi connectivity index (χ2v) is 3.22. The lowest BCUT2D eigenvalue weighted by molar-refractivity contribution is -0.384. The van der Waals surface area contributed by atoms with Gasteiger partial charge < -0.3 is 10.1 Å². The van der Waals surface area contributed by atoms with Crippen molar-refractivity contribution in [2.75, 3.05) is 19.0 Å². The molecule has 0 radical (unpaired) electrons. The molecule has 0 heterocycles. The number of hydrogen-bond acceptors (Lipinski definition) is 6. The Balaban J connectivity index is 3.52. The first-order valence-electron chi connectivity index (χ1n) is 5.13. The van der Waals surface area contributed by atoms with Crippen molar-refractivity contribution < 1.29 is 14.5 Å². The summed E-state index contributed by atoms with van der Waals surface area (Å²) in [5, 5.41) is 22.3. The number of carbonyl (C=O) groups is 1. The molecule has 0 spiro atoms. The minimum atomic E-state index is -0.762.